The molecule has 1 rings (SSSR count). The molecule has 1 aromatic carbocycles. The third kappa shape index (κ3) is 6.61. The zero-order valence-electron chi connectivity index (χ0n) is 10.7. The van der Waals surface area contributed by atoms with Gasteiger partial charge in [-0.15, -0.1) is 0 Å². The maximum absolute atomic E-state index is 13.3. The number of benzene rings is 1. The van der Waals surface area contributed by atoms with E-state index in [4.69, 9.17) is 27.0 Å². The van der Waals surface area contributed by atoms with Gasteiger partial charge in [-0.1, -0.05) is 18.5 Å². The summed E-state index contributed by atoms with van der Waals surface area (Å²) in [6, 6.07) is 2.63. The van der Waals surface area contributed by atoms with Crippen LogP contribution in [0.3, 0.4) is 0 Å². The van der Waals surface area contributed by atoms with Gasteiger partial charge in [-0.2, -0.15) is 0 Å². The molecule has 1 unspecified atom stereocenters. The van der Waals surface area contributed by atoms with Crippen LogP contribution in [0.25, 0.3) is 0 Å². The molecule has 0 N–H and O–H groups in total. The average molecular weight is 408 g/mol. The Morgan fingerprint density at radius 1 is 1.40 bits per heavy atom. The molecule has 1 atom stereocenters. The standard InChI is InChI=1S/C12H14BrCl2FO3S/c1-8(3-5-20(15,17)18)2-4-19-12-7-11(16)10(14)6-9(12)13/h6-8H,2-5H2,1H3. The van der Waals surface area contributed by atoms with Crippen LogP contribution in [0.4, 0.5) is 4.39 Å². The van der Waals surface area contributed by atoms with E-state index in [1.165, 1.54) is 12.1 Å². The molecule has 0 heterocycles. The summed E-state index contributed by atoms with van der Waals surface area (Å²) in [6.45, 7) is 2.26. The fourth-order valence-corrected chi connectivity index (χ4v) is 3.18. The predicted octanol–water partition coefficient (Wildman–Crippen LogP) is 4.61. The van der Waals surface area contributed by atoms with Gasteiger partial charge in [0.25, 0.3) is 0 Å². The van der Waals surface area contributed by atoms with Crippen molar-refractivity contribution in [1.29, 1.82) is 0 Å². The minimum atomic E-state index is -3.45. The fraction of sp³-hybridized carbons (Fsp3) is 0.500. The molecule has 0 aliphatic heterocycles. The highest BCUT2D eigenvalue weighted by atomic mass is 79.9. The first kappa shape index (κ1) is 18.0. The quantitative estimate of drug-likeness (QED) is 0.489. The summed E-state index contributed by atoms with van der Waals surface area (Å²) in [6.07, 6.45) is 1.11. The normalized spacial score (nSPS) is 13.2. The lowest BCUT2D eigenvalue weighted by Crippen LogP contribution is -2.08. The first-order valence-electron chi connectivity index (χ1n) is 5.88. The minimum absolute atomic E-state index is 0.0184. The van der Waals surface area contributed by atoms with Gasteiger partial charge in [0.2, 0.25) is 9.05 Å². The zero-order valence-corrected chi connectivity index (χ0v) is 14.6. The van der Waals surface area contributed by atoms with E-state index in [1.54, 1.807) is 0 Å². The largest absolute Gasteiger partial charge is 0.492 e. The summed E-state index contributed by atoms with van der Waals surface area (Å²) >= 11 is 8.86. The van der Waals surface area contributed by atoms with Crippen LogP contribution in [-0.2, 0) is 9.05 Å². The van der Waals surface area contributed by atoms with Gasteiger partial charge in [-0.25, -0.2) is 12.8 Å². The molecular formula is C12H14BrCl2FO3S. The van der Waals surface area contributed by atoms with E-state index in [0.29, 0.717) is 29.7 Å². The highest BCUT2D eigenvalue weighted by molar-refractivity contribution is 9.10. The van der Waals surface area contributed by atoms with E-state index in [9.17, 15) is 12.8 Å². The topological polar surface area (TPSA) is 43.4 Å². The lowest BCUT2D eigenvalue weighted by atomic mass is 10.1. The van der Waals surface area contributed by atoms with Gasteiger partial charge in [0.15, 0.2) is 0 Å². The molecule has 0 saturated heterocycles. The lowest BCUT2D eigenvalue weighted by Gasteiger charge is -2.12. The summed E-state index contributed by atoms with van der Waals surface area (Å²) in [5.74, 6) is -0.107. The molecule has 0 spiro atoms. The SMILES string of the molecule is CC(CCOc1cc(F)c(Cl)cc1Br)CCS(=O)(=O)Cl. The first-order chi connectivity index (χ1) is 9.19. The summed E-state index contributed by atoms with van der Waals surface area (Å²) < 4.78 is 40.9. The summed E-state index contributed by atoms with van der Waals surface area (Å²) in [4.78, 5) is 0. The molecule has 0 aliphatic carbocycles. The Labute approximate surface area is 136 Å². The van der Waals surface area contributed by atoms with Crippen LogP contribution in [0.15, 0.2) is 16.6 Å². The maximum atomic E-state index is 13.3. The monoisotopic (exact) mass is 406 g/mol. The van der Waals surface area contributed by atoms with Crippen LogP contribution < -0.4 is 4.74 Å². The molecule has 20 heavy (non-hydrogen) atoms. The molecule has 1 aromatic rings. The van der Waals surface area contributed by atoms with E-state index in [-0.39, 0.29) is 16.7 Å². The van der Waals surface area contributed by atoms with Gasteiger partial charge in [0.1, 0.15) is 11.6 Å². The van der Waals surface area contributed by atoms with Crippen LogP contribution in [0.1, 0.15) is 19.8 Å². The van der Waals surface area contributed by atoms with Crippen LogP contribution in [0.2, 0.25) is 5.02 Å². The van der Waals surface area contributed by atoms with Crippen molar-refractivity contribution in [2.75, 3.05) is 12.4 Å². The average Bonchev–Trinajstić information content (AvgIpc) is 2.32. The Balaban J connectivity index is 2.43. The molecule has 0 saturated carbocycles. The number of halogens is 4. The Morgan fingerprint density at radius 3 is 2.65 bits per heavy atom. The van der Waals surface area contributed by atoms with E-state index >= 15 is 0 Å². The highest BCUT2D eigenvalue weighted by Crippen LogP contribution is 2.30. The third-order valence-corrected chi connectivity index (χ3v) is 4.79. The zero-order chi connectivity index (χ0) is 15.3. The Bertz CT molecular complexity index is 566. The highest BCUT2D eigenvalue weighted by Gasteiger charge is 2.11. The molecule has 3 nitrogen and oxygen atoms in total. The van der Waals surface area contributed by atoms with Gasteiger partial charge in [-0.05, 0) is 40.8 Å². The number of ether oxygens (including phenoxy) is 1. The fourth-order valence-electron chi connectivity index (χ4n) is 1.47. The number of rotatable bonds is 7. The van der Waals surface area contributed by atoms with Crippen molar-refractivity contribution in [3.8, 4) is 5.75 Å². The van der Waals surface area contributed by atoms with Gasteiger partial charge in [0, 0.05) is 16.7 Å². The molecule has 0 fully saturated rings. The second-order valence-corrected chi connectivity index (χ2v) is 8.63. The smallest absolute Gasteiger partial charge is 0.232 e. The van der Waals surface area contributed by atoms with Crippen LogP contribution in [0, 0.1) is 11.7 Å². The first-order valence-corrected chi connectivity index (χ1v) is 9.53. The van der Waals surface area contributed by atoms with Crippen molar-refractivity contribution in [1.82, 2.24) is 0 Å². The van der Waals surface area contributed by atoms with E-state index < -0.39 is 14.9 Å². The predicted molar refractivity (Wildman–Crippen MR) is 82.6 cm³/mol. The van der Waals surface area contributed by atoms with E-state index in [2.05, 4.69) is 15.9 Å². The van der Waals surface area contributed by atoms with Crippen molar-refractivity contribution in [2.45, 2.75) is 19.8 Å². The maximum Gasteiger partial charge on any atom is 0.232 e. The van der Waals surface area contributed by atoms with Crippen molar-refractivity contribution in [2.24, 2.45) is 5.92 Å². The van der Waals surface area contributed by atoms with Crippen LogP contribution in [0.5, 0.6) is 5.75 Å². The Hall–Kier alpha value is -0.0400. The minimum Gasteiger partial charge on any atom is -0.492 e. The third-order valence-electron chi connectivity index (χ3n) is 2.70. The van der Waals surface area contributed by atoms with Crippen molar-refractivity contribution in [3.63, 3.8) is 0 Å². The molecule has 8 heteroatoms. The van der Waals surface area contributed by atoms with Crippen LogP contribution in [-0.4, -0.2) is 20.8 Å². The molecule has 0 aromatic heterocycles. The summed E-state index contributed by atoms with van der Waals surface area (Å²) in [5, 5.41) is 0.0184. The molecular weight excluding hydrogens is 394 g/mol. The van der Waals surface area contributed by atoms with Gasteiger partial charge < -0.3 is 4.74 Å². The van der Waals surface area contributed by atoms with Gasteiger partial charge in [0.05, 0.1) is 21.9 Å². The molecule has 0 radical (unpaired) electrons. The second-order valence-electron chi connectivity index (χ2n) is 4.47. The summed E-state index contributed by atoms with van der Waals surface area (Å²) in [7, 11) is 1.69. The van der Waals surface area contributed by atoms with Crippen LogP contribution >= 0.6 is 38.2 Å². The lowest BCUT2D eigenvalue weighted by molar-refractivity contribution is 0.279. The number of hydrogen-bond donors (Lipinski definition) is 0. The van der Waals surface area contributed by atoms with Crippen molar-refractivity contribution in [3.05, 3.63) is 27.4 Å². The Kier molecular flexibility index (Phi) is 7.04. The molecule has 0 amide bonds. The molecule has 114 valence electrons. The summed E-state index contributed by atoms with van der Waals surface area (Å²) in [5.41, 5.74) is 0. The Morgan fingerprint density at radius 2 is 2.05 bits per heavy atom. The number of hydrogen-bond acceptors (Lipinski definition) is 3. The van der Waals surface area contributed by atoms with E-state index in [0.717, 1.165) is 0 Å². The van der Waals surface area contributed by atoms with Crippen molar-refractivity contribution < 1.29 is 17.5 Å². The van der Waals surface area contributed by atoms with Crippen molar-refractivity contribution >= 4 is 47.3 Å². The molecule has 0 aliphatic rings. The van der Waals surface area contributed by atoms with Gasteiger partial charge >= 0.3 is 0 Å². The van der Waals surface area contributed by atoms with E-state index in [1.807, 2.05) is 6.92 Å². The molecule has 0 bridgehead atoms. The second kappa shape index (κ2) is 7.82. The van der Waals surface area contributed by atoms with Gasteiger partial charge in [-0.3, -0.25) is 0 Å².